The number of ether oxygens (including phenoxy) is 1. The number of aromatic nitrogens is 2. The molecule has 3 rings (SSSR count). The summed E-state index contributed by atoms with van der Waals surface area (Å²) in [6, 6.07) is 15.8. The predicted octanol–water partition coefficient (Wildman–Crippen LogP) is 2.61. The molecular formula is C16H16N2O2. The SMILES string of the molecule is Cn1c(-c2ccccc2OCCO)nc2ccccc21. The highest BCUT2D eigenvalue weighted by Gasteiger charge is 2.13. The first-order valence-corrected chi connectivity index (χ1v) is 6.56. The van der Waals surface area contributed by atoms with Gasteiger partial charge in [-0.15, -0.1) is 0 Å². The first kappa shape index (κ1) is 12.7. The summed E-state index contributed by atoms with van der Waals surface area (Å²) in [5.41, 5.74) is 2.97. The van der Waals surface area contributed by atoms with Crippen LogP contribution in [0, 0.1) is 0 Å². The van der Waals surface area contributed by atoms with Crippen molar-refractivity contribution < 1.29 is 9.84 Å². The zero-order valence-electron chi connectivity index (χ0n) is 11.3. The van der Waals surface area contributed by atoms with Gasteiger partial charge in [0.25, 0.3) is 0 Å². The van der Waals surface area contributed by atoms with Crippen molar-refractivity contribution in [3.05, 3.63) is 48.5 Å². The molecule has 1 N–H and O–H groups in total. The van der Waals surface area contributed by atoms with Crippen molar-refractivity contribution in [2.24, 2.45) is 7.05 Å². The third-order valence-corrected chi connectivity index (χ3v) is 3.26. The summed E-state index contributed by atoms with van der Waals surface area (Å²) >= 11 is 0. The second-order valence-electron chi connectivity index (χ2n) is 4.55. The number of para-hydroxylation sites is 3. The van der Waals surface area contributed by atoms with E-state index in [-0.39, 0.29) is 13.2 Å². The minimum absolute atomic E-state index is 0.00310. The number of rotatable bonds is 4. The van der Waals surface area contributed by atoms with Gasteiger partial charge in [0.1, 0.15) is 18.2 Å². The number of hydrogen-bond acceptors (Lipinski definition) is 3. The zero-order chi connectivity index (χ0) is 13.9. The van der Waals surface area contributed by atoms with Crippen molar-refractivity contribution in [1.29, 1.82) is 0 Å². The molecule has 20 heavy (non-hydrogen) atoms. The number of fused-ring (bicyclic) bond motifs is 1. The first-order chi connectivity index (χ1) is 9.81. The van der Waals surface area contributed by atoms with E-state index in [0.717, 1.165) is 28.2 Å². The van der Waals surface area contributed by atoms with Crippen LogP contribution in [0.3, 0.4) is 0 Å². The largest absolute Gasteiger partial charge is 0.490 e. The highest BCUT2D eigenvalue weighted by atomic mass is 16.5. The molecular weight excluding hydrogens is 252 g/mol. The summed E-state index contributed by atoms with van der Waals surface area (Å²) in [6.07, 6.45) is 0. The molecule has 0 aliphatic carbocycles. The number of aryl methyl sites for hydroxylation is 1. The van der Waals surface area contributed by atoms with E-state index in [1.165, 1.54) is 0 Å². The molecule has 102 valence electrons. The Bertz CT molecular complexity index is 734. The van der Waals surface area contributed by atoms with E-state index >= 15 is 0 Å². The summed E-state index contributed by atoms with van der Waals surface area (Å²) in [6.45, 7) is 0.276. The summed E-state index contributed by atoms with van der Waals surface area (Å²) in [7, 11) is 1.99. The van der Waals surface area contributed by atoms with Gasteiger partial charge in [-0.05, 0) is 24.3 Å². The van der Waals surface area contributed by atoms with Crippen molar-refractivity contribution in [2.75, 3.05) is 13.2 Å². The molecule has 1 heterocycles. The molecule has 2 aromatic carbocycles. The van der Waals surface area contributed by atoms with Gasteiger partial charge in [0.15, 0.2) is 0 Å². The van der Waals surface area contributed by atoms with Crippen LogP contribution in [0.4, 0.5) is 0 Å². The van der Waals surface area contributed by atoms with Gasteiger partial charge < -0.3 is 14.4 Å². The van der Waals surface area contributed by atoms with Crippen molar-refractivity contribution in [1.82, 2.24) is 9.55 Å². The molecule has 0 atom stereocenters. The van der Waals surface area contributed by atoms with Gasteiger partial charge in [-0.1, -0.05) is 24.3 Å². The number of hydrogen-bond donors (Lipinski definition) is 1. The lowest BCUT2D eigenvalue weighted by Gasteiger charge is -2.10. The highest BCUT2D eigenvalue weighted by Crippen LogP contribution is 2.31. The molecule has 3 aromatic rings. The number of imidazole rings is 1. The van der Waals surface area contributed by atoms with Crippen molar-refractivity contribution in [3.8, 4) is 17.1 Å². The molecule has 0 unspecified atom stereocenters. The minimum atomic E-state index is -0.00310. The van der Waals surface area contributed by atoms with E-state index < -0.39 is 0 Å². The Morgan fingerprint density at radius 3 is 2.65 bits per heavy atom. The van der Waals surface area contributed by atoms with Gasteiger partial charge in [0, 0.05) is 7.05 Å². The molecule has 0 aliphatic heterocycles. The second-order valence-corrected chi connectivity index (χ2v) is 4.55. The summed E-state index contributed by atoms with van der Waals surface area (Å²) in [5.74, 6) is 1.60. The Kier molecular flexibility index (Phi) is 3.39. The van der Waals surface area contributed by atoms with Gasteiger partial charge in [0.05, 0.1) is 23.2 Å². The van der Waals surface area contributed by atoms with Gasteiger partial charge in [0.2, 0.25) is 0 Å². The molecule has 0 radical (unpaired) electrons. The summed E-state index contributed by atoms with van der Waals surface area (Å²) in [4.78, 5) is 4.67. The Morgan fingerprint density at radius 1 is 1.10 bits per heavy atom. The maximum absolute atomic E-state index is 8.91. The average Bonchev–Trinajstić information content (AvgIpc) is 2.83. The Hall–Kier alpha value is -2.33. The van der Waals surface area contributed by atoms with E-state index in [2.05, 4.69) is 9.55 Å². The average molecular weight is 268 g/mol. The number of aliphatic hydroxyl groups is 1. The van der Waals surface area contributed by atoms with E-state index in [9.17, 15) is 0 Å². The lowest BCUT2D eigenvalue weighted by atomic mass is 10.2. The topological polar surface area (TPSA) is 47.3 Å². The van der Waals surface area contributed by atoms with Crippen molar-refractivity contribution in [2.45, 2.75) is 0 Å². The fourth-order valence-corrected chi connectivity index (χ4v) is 2.32. The Morgan fingerprint density at radius 2 is 1.85 bits per heavy atom. The Labute approximate surface area is 117 Å². The van der Waals surface area contributed by atoms with Gasteiger partial charge in [-0.3, -0.25) is 0 Å². The zero-order valence-corrected chi connectivity index (χ0v) is 11.3. The molecule has 0 aliphatic rings. The summed E-state index contributed by atoms with van der Waals surface area (Å²) in [5, 5.41) is 8.91. The third kappa shape index (κ3) is 2.14. The minimum Gasteiger partial charge on any atom is -0.490 e. The van der Waals surface area contributed by atoms with E-state index in [1.54, 1.807) is 0 Å². The van der Waals surface area contributed by atoms with E-state index in [4.69, 9.17) is 9.84 Å². The predicted molar refractivity (Wildman–Crippen MR) is 78.7 cm³/mol. The van der Waals surface area contributed by atoms with Crippen LogP contribution >= 0.6 is 0 Å². The fraction of sp³-hybridized carbons (Fsp3) is 0.188. The van der Waals surface area contributed by atoms with Crippen LogP contribution in [0.15, 0.2) is 48.5 Å². The molecule has 0 saturated heterocycles. The normalized spacial score (nSPS) is 10.9. The smallest absolute Gasteiger partial charge is 0.144 e. The molecule has 0 saturated carbocycles. The van der Waals surface area contributed by atoms with Gasteiger partial charge in [-0.2, -0.15) is 0 Å². The molecule has 1 aromatic heterocycles. The van der Waals surface area contributed by atoms with E-state index in [1.807, 2.05) is 55.6 Å². The number of nitrogens with zero attached hydrogens (tertiary/aromatic N) is 2. The van der Waals surface area contributed by atoms with Crippen LogP contribution in [-0.4, -0.2) is 27.9 Å². The van der Waals surface area contributed by atoms with E-state index in [0.29, 0.717) is 0 Å². The standard InChI is InChI=1S/C16H16N2O2/c1-18-14-8-4-3-7-13(14)17-16(18)12-6-2-5-9-15(12)20-11-10-19/h2-9,19H,10-11H2,1H3. The number of benzene rings is 2. The molecule has 4 nitrogen and oxygen atoms in total. The fourth-order valence-electron chi connectivity index (χ4n) is 2.32. The first-order valence-electron chi connectivity index (χ1n) is 6.56. The monoisotopic (exact) mass is 268 g/mol. The van der Waals surface area contributed by atoms with Gasteiger partial charge >= 0.3 is 0 Å². The van der Waals surface area contributed by atoms with Crippen LogP contribution in [0.2, 0.25) is 0 Å². The summed E-state index contributed by atoms with van der Waals surface area (Å²) < 4.78 is 7.64. The van der Waals surface area contributed by atoms with Crippen LogP contribution in [-0.2, 0) is 7.05 Å². The van der Waals surface area contributed by atoms with Crippen molar-refractivity contribution >= 4 is 11.0 Å². The highest BCUT2D eigenvalue weighted by molar-refractivity contribution is 5.81. The van der Waals surface area contributed by atoms with Crippen LogP contribution < -0.4 is 4.74 Å². The maximum atomic E-state index is 8.91. The van der Waals surface area contributed by atoms with Crippen LogP contribution in [0.5, 0.6) is 5.75 Å². The molecule has 0 bridgehead atoms. The van der Waals surface area contributed by atoms with Gasteiger partial charge in [-0.25, -0.2) is 4.98 Å². The quantitative estimate of drug-likeness (QED) is 0.791. The third-order valence-electron chi connectivity index (χ3n) is 3.26. The van der Waals surface area contributed by atoms with Crippen LogP contribution in [0.1, 0.15) is 0 Å². The second kappa shape index (κ2) is 5.35. The van der Waals surface area contributed by atoms with Crippen molar-refractivity contribution in [3.63, 3.8) is 0 Å². The van der Waals surface area contributed by atoms with Crippen LogP contribution in [0.25, 0.3) is 22.4 Å². The number of aliphatic hydroxyl groups excluding tert-OH is 1. The lowest BCUT2D eigenvalue weighted by molar-refractivity contribution is 0.202. The lowest BCUT2D eigenvalue weighted by Crippen LogP contribution is -2.03. The molecule has 0 amide bonds. The molecule has 4 heteroatoms. The molecule has 0 fully saturated rings. The Balaban J connectivity index is 2.13. The maximum Gasteiger partial charge on any atom is 0.144 e. The molecule has 0 spiro atoms.